The Kier molecular flexibility index (Phi) is 6.11. The molecule has 1 heterocycles. The Bertz CT molecular complexity index is 761. The fraction of sp³-hybridized carbons (Fsp3) is 0.960. The van der Waals surface area contributed by atoms with Crippen molar-refractivity contribution in [1.82, 2.24) is 0 Å². The van der Waals surface area contributed by atoms with Gasteiger partial charge in [0.15, 0.2) is 12.4 Å². The maximum Gasteiger partial charge on any atom is 0.335 e. The minimum absolute atomic E-state index is 0.0907. The average molecular weight is 469 g/mol. The fourth-order valence-electron chi connectivity index (χ4n) is 8.80. The molecule has 188 valence electrons. The number of fused-ring (bicyclic) bond motifs is 5. The molecule has 0 aromatic rings. The van der Waals surface area contributed by atoms with E-state index >= 15 is 0 Å². The second-order valence-electron chi connectivity index (χ2n) is 12.1. The Morgan fingerprint density at radius 3 is 2.30 bits per heavy atom. The third kappa shape index (κ3) is 3.67. The largest absolute Gasteiger partial charge is 0.479 e. The summed E-state index contributed by atoms with van der Waals surface area (Å²) in [6.07, 6.45) is 1.29. The Balaban J connectivity index is 1.31. The van der Waals surface area contributed by atoms with E-state index in [1.807, 2.05) is 0 Å². The molecule has 5 N–H and O–H groups in total. The van der Waals surface area contributed by atoms with Crippen LogP contribution < -0.4 is 0 Å². The lowest BCUT2D eigenvalue weighted by Gasteiger charge is -2.61. The van der Waals surface area contributed by atoms with Crippen LogP contribution in [0.3, 0.4) is 0 Å². The van der Waals surface area contributed by atoms with Crippen LogP contribution in [0.15, 0.2) is 0 Å². The van der Waals surface area contributed by atoms with Crippen molar-refractivity contribution < 1.29 is 39.8 Å². The molecule has 5 fully saturated rings. The van der Waals surface area contributed by atoms with E-state index in [1.165, 1.54) is 12.8 Å². The van der Waals surface area contributed by atoms with Gasteiger partial charge in [-0.2, -0.15) is 0 Å². The van der Waals surface area contributed by atoms with Gasteiger partial charge in [-0.25, -0.2) is 4.79 Å². The molecule has 1 saturated heterocycles. The third-order valence-electron chi connectivity index (χ3n) is 10.7. The van der Waals surface area contributed by atoms with Gasteiger partial charge in [0, 0.05) is 0 Å². The normalized spacial score (nSPS) is 56.5. The number of hydrogen-bond donors (Lipinski definition) is 5. The highest BCUT2D eigenvalue weighted by Gasteiger charge is 2.61. The summed E-state index contributed by atoms with van der Waals surface area (Å²) in [6.45, 7) is 4.72. The van der Waals surface area contributed by atoms with E-state index < -0.39 is 36.7 Å². The van der Waals surface area contributed by atoms with E-state index in [-0.39, 0.29) is 17.6 Å². The maximum atomic E-state index is 11.3. The standard InChI is InChI=1S/C25H40O8/c1-24-9-7-13(26)11-12(24)3-4-14-15-5-6-17(25(15,2)10-8-16(14)24)32-21-19(28)18(27)20(22(29)30)33-23(21)31/h12-21,23,26-28,31H,3-11H2,1-2H3,(H,29,30)/t12?,13?,14-,15-,16-,17?,18-,19-,20-,21+,23?,24-,25-/m0/s1. The highest BCUT2D eigenvalue weighted by atomic mass is 16.7. The fourth-order valence-corrected chi connectivity index (χ4v) is 8.80. The van der Waals surface area contributed by atoms with Crippen LogP contribution in [-0.4, -0.2) is 74.4 Å². The third-order valence-corrected chi connectivity index (χ3v) is 10.7. The summed E-state index contributed by atoms with van der Waals surface area (Å²) in [6, 6.07) is 0. The van der Waals surface area contributed by atoms with Crippen molar-refractivity contribution >= 4 is 5.97 Å². The van der Waals surface area contributed by atoms with Crippen molar-refractivity contribution in [3.63, 3.8) is 0 Å². The van der Waals surface area contributed by atoms with Gasteiger partial charge in [-0.1, -0.05) is 13.8 Å². The molecule has 13 atom stereocenters. The Labute approximate surface area is 195 Å². The first-order valence-electron chi connectivity index (χ1n) is 12.8. The van der Waals surface area contributed by atoms with Crippen molar-refractivity contribution in [1.29, 1.82) is 0 Å². The number of carboxylic acids is 1. The Morgan fingerprint density at radius 1 is 0.879 bits per heavy atom. The van der Waals surface area contributed by atoms with E-state index in [0.29, 0.717) is 29.1 Å². The molecule has 0 radical (unpaired) electrons. The van der Waals surface area contributed by atoms with Crippen molar-refractivity contribution in [3.05, 3.63) is 0 Å². The highest BCUT2D eigenvalue weighted by Crippen LogP contribution is 2.66. The van der Waals surface area contributed by atoms with Crippen LogP contribution in [0.2, 0.25) is 0 Å². The number of aliphatic carboxylic acids is 1. The van der Waals surface area contributed by atoms with Crippen LogP contribution in [0, 0.1) is 34.5 Å². The number of ether oxygens (including phenoxy) is 2. The zero-order valence-corrected chi connectivity index (χ0v) is 19.7. The monoisotopic (exact) mass is 468 g/mol. The molecule has 0 spiro atoms. The lowest BCUT2D eigenvalue weighted by atomic mass is 9.45. The molecule has 8 nitrogen and oxygen atoms in total. The second-order valence-corrected chi connectivity index (χ2v) is 12.1. The molecule has 8 heteroatoms. The van der Waals surface area contributed by atoms with Gasteiger partial charge in [0.2, 0.25) is 0 Å². The summed E-state index contributed by atoms with van der Waals surface area (Å²) in [4.78, 5) is 11.3. The van der Waals surface area contributed by atoms with E-state index in [9.17, 15) is 30.3 Å². The number of carbonyl (C=O) groups is 1. The van der Waals surface area contributed by atoms with Crippen molar-refractivity contribution in [2.45, 2.75) is 115 Å². The molecule has 5 aliphatic rings. The van der Waals surface area contributed by atoms with E-state index in [0.717, 1.165) is 44.9 Å². The number of aliphatic hydroxyl groups is 4. The first-order chi connectivity index (χ1) is 15.6. The zero-order chi connectivity index (χ0) is 23.7. The zero-order valence-electron chi connectivity index (χ0n) is 19.7. The average Bonchev–Trinajstić information content (AvgIpc) is 3.10. The number of carboxylic acid groups (broad SMARTS) is 1. The summed E-state index contributed by atoms with van der Waals surface area (Å²) < 4.78 is 11.4. The van der Waals surface area contributed by atoms with Crippen molar-refractivity contribution in [3.8, 4) is 0 Å². The molecule has 33 heavy (non-hydrogen) atoms. The molecule has 0 aromatic heterocycles. The first-order valence-corrected chi connectivity index (χ1v) is 12.8. The second kappa shape index (κ2) is 8.42. The van der Waals surface area contributed by atoms with Crippen LogP contribution in [0.1, 0.15) is 71.6 Å². The topological polar surface area (TPSA) is 137 Å². The summed E-state index contributed by atoms with van der Waals surface area (Å²) in [7, 11) is 0. The molecule has 5 rings (SSSR count). The minimum Gasteiger partial charge on any atom is -0.479 e. The van der Waals surface area contributed by atoms with Gasteiger partial charge in [0.25, 0.3) is 0 Å². The molecule has 4 unspecified atom stereocenters. The van der Waals surface area contributed by atoms with Crippen molar-refractivity contribution in [2.24, 2.45) is 34.5 Å². The van der Waals surface area contributed by atoms with Gasteiger partial charge in [-0.3, -0.25) is 0 Å². The quantitative estimate of drug-likeness (QED) is 0.422. The highest BCUT2D eigenvalue weighted by molar-refractivity contribution is 5.73. The van der Waals surface area contributed by atoms with Crippen LogP contribution in [0.5, 0.6) is 0 Å². The van der Waals surface area contributed by atoms with Gasteiger partial charge in [0.05, 0.1) is 12.2 Å². The van der Waals surface area contributed by atoms with E-state index in [4.69, 9.17) is 9.47 Å². The van der Waals surface area contributed by atoms with E-state index in [1.54, 1.807) is 0 Å². The van der Waals surface area contributed by atoms with Gasteiger partial charge in [-0.05, 0) is 92.3 Å². The molecule has 4 saturated carbocycles. The molecule has 4 aliphatic carbocycles. The lowest BCUT2D eigenvalue weighted by Crippen LogP contribution is -2.62. The Hall–Kier alpha value is -0.770. The van der Waals surface area contributed by atoms with Gasteiger partial charge in [0.1, 0.15) is 18.3 Å². The molecule has 1 aliphatic heterocycles. The number of hydrogen-bond acceptors (Lipinski definition) is 7. The molecular weight excluding hydrogens is 428 g/mol. The van der Waals surface area contributed by atoms with Crippen LogP contribution >= 0.6 is 0 Å². The molecule has 0 bridgehead atoms. The molecule has 0 aromatic carbocycles. The predicted molar refractivity (Wildman–Crippen MR) is 117 cm³/mol. The van der Waals surface area contributed by atoms with Gasteiger partial charge >= 0.3 is 5.97 Å². The number of aliphatic hydroxyl groups excluding tert-OH is 4. The first kappa shape index (κ1) is 23.9. The smallest absolute Gasteiger partial charge is 0.335 e. The summed E-state index contributed by atoms with van der Waals surface area (Å²) >= 11 is 0. The summed E-state index contributed by atoms with van der Waals surface area (Å²) in [5.74, 6) is 0.959. The minimum atomic E-state index is -1.68. The van der Waals surface area contributed by atoms with Crippen molar-refractivity contribution in [2.75, 3.05) is 0 Å². The number of rotatable bonds is 3. The van der Waals surface area contributed by atoms with Gasteiger partial charge < -0.3 is 35.0 Å². The lowest BCUT2D eigenvalue weighted by molar-refractivity contribution is -0.303. The van der Waals surface area contributed by atoms with Crippen LogP contribution in [-0.2, 0) is 14.3 Å². The summed E-state index contributed by atoms with van der Waals surface area (Å²) in [5, 5.41) is 50.5. The van der Waals surface area contributed by atoms with Crippen LogP contribution in [0.25, 0.3) is 0 Å². The maximum absolute atomic E-state index is 11.3. The summed E-state index contributed by atoms with van der Waals surface area (Å²) in [5.41, 5.74) is 0.203. The molecular formula is C25H40O8. The van der Waals surface area contributed by atoms with E-state index in [2.05, 4.69) is 13.8 Å². The molecule has 0 amide bonds. The Morgan fingerprint density at radius 2 is 1.58 bits per heavy atom. The predicted octanol–water partition coefficient (Wildman–Crippen LogP) is 1.67. The SMILES string of the molecule is C[C@]12CCC(O)CC1CC[C@@H]1[C@@H]2CC[C@]2(C)C(O[C@H]3C(O)O[C@H](C(=O)O)[C@@H](O)[C@@H]3O)CC[C@@H]12. The van der Waals surface area contributed by atoms with Crippen LogP contribution in [0.4, 0.5) is 0 Å². The van der Waals surface area contributed by atoms with Gasteiger partial charge in [-0.15, -0.1) is 0 Å².